The van der Waals surface area contributed by atoms with Crippen LogP contribution in [0.2, 0.25) is 0 Å². The zero-order chi connectivity index (χ0) is 17.3. The van der Waals surface area contributed by atoms with Crippen molar-refractivity contribution in [2.24, 2.45) is 0 Å². The molecule has 1 fully saturated rings. The smallest absolute Gasteiger partial charge is 0.422 e. The van der Waals surface area contributed by atoms with Crippen LogP contribution in [0.25, 0.3) is 0 Å². The van der Waals surface area contributed by atoms with Gasteiger partial charge in [-0.05, 0) is 38.5 Å². The molecule has 0 radical (unpaired) electrons. The largest absolute Gasteiger partial charge is 0.443 e. The van der Waals surface area contributed by atoms with E-state index in [-0.39, 0.29) is 16.7 Å². The fourth-order valence-corrected chi connectivity index (χ4v) is 3.60. The minimum Gasteiger partial charge on any atom is -0.443 e. The second kappa shape index (κ2) is 6.70. The molecule has 1 aliphatic heterocycles. The van der Waals surface area contributed by atoms with E-state index >= 15 is 0 Å². The molecule has 0 aliphatic carbocycles. The lowest BCUT2D eigenvalue weighted by Crippen LogP contribution is -2.33. The van der Waals surface area contributed by atoms with Gasteiger partial charge in [-0.3, -0.25) is 4.18 Å². The van der Waals surface area contributed by atoms with Crippen LogP contribution in [0, 0.1) is 0 Å². The summed E-state index contributed by atoms with van der Waals surface area (Å²) in [6, 6.07) is 6.22. The zero-order valence-electron chi connectivity index (χ0n) is 13.6. The molecule has 1 aromatic carbocycles. The molecule has 23 heavy (non-hydrogen) atoms. The number of ether oxygens (including phenoxy) is 1. The summed E-state index contributed by atoms with van der Waals surface area (Å²) in [5, 5.41) is 0. The van der Waals surface area contributed by atoms with Crippen molar-refractivity contribution < 1.29 is 22.1 Å². The number of rotatable bonds is 3. The SMILES string of the molecule is CCS(=O)(=O)c1ccc([C@@H]2COSN2C(=O)OC(C)(C)C)cc1. The number of benzene rings is 1. The lowest BCUT2D eigenvalue weighted by molar-refractivity contribution is 0.0367. The Balaban J connectivity index is 2.19. The van der Waals surface area contributed by atoms with Gasteiger partial charge in [-0.25, -0.2) is 17.5 Å². The van der Waals surface area contributed by atoms with Crippen molar-refractivity contribution in [3.05, 3.63) is 29.8 Å². The molecule has 2 rings (SSSR count). The van der Waals surface area contributed by atoms with Gasteiger partial charge >= 0.3 is 6.09 Å². The molecule has 0 spiro atoms. The average molecular weight is 359 g/mol. The summed E-state index contributed by atoms with van der Waals surface area (Å²) in [4.78, 5) is 12.5. The second-order valence-electron chi connectivity index (χ2n) is 6.15. The number of nitrogens with zero attached hydrogens (tertiary/aromatic N) is 1. The van der Waals surface area contributed by atoms with Gasteiger partial charge in [-0.15, -0.1) is 0 Å². The lowest BCUT2D eigenvalue weighted by atomic mass is 10.1. The highest BCUT2D eigenvalue weighted by Crippen LogP contribution is 2.37. The van der Waals surface area contributed by atoms with E-state index in [1.165, 1.54) is 4.31 Å². The summed E-state index contributed by atoms with van der Waals surface area (Å²) >= 11 is 0.949. The lowest BCUT2D eigenvalue weighted by Gasteiger charge is -2.26. The van der Waals surface area contributed by atoms with E-state index in [4.69, 9.17) is 8.92 Å². The molecule has 1 saturated heterocycles. The van der Waals surface area contributed by atoms with Gasteiger partial charge in [-0.2, -0.15) is 0 Å². The molecule has 1 aliphatic rings. The van der Waals surface area contributed by atoms with Crippen LogP contribution < -0.4 is 0 Å². The normalized spacial score (nSPS) is 19.0. The van der Waals surface area contributed by atoms with Gasteiger partial charge in [0.1, 0.15) is 17.8 Å². The third-order valence-electron chi connectivity index (χ3n) is 3.22. The van der Waals surface area contributed by atoms with Crippen LogP contribution >= 0.6 is 12.2 Å². The van der Waals surface area contributed by atoms with Gasteiger partial charge < -0.3 is 4.74 Å². The number of amides is 1. The molecule has 1 amide bonds. The van der Waals surface area contributed by atoms with E-state index in [0.717, 1.165) is 17.8 Å². The Bertz CT molecular complexity index is 664. The standard InChI is InChI=1S/C15H21NO5S2/c1-5-23(18,19)12-8-6-11(7-9-12)13-10-20-22-16(13)14(17)21-15(2,3)4/h6-9,13H,5,10H2,1-4H3/t13-/m0/s1. The summed E-state index contributed by atoms with van der Waals surface area (Å²) in [5.41, 5.74) is 0.208. The van der Waals surface area contributed by atoms with Crippen molar-refractivity contribution in [1.29, 1.82) is 0 Å². The third-order valence-corrected chi connectivity index (χ3v) is 5.78. The maximum atomic E-state index is 12.2. The molecule has 0 N–H and O–H groups in total. The fourth-order valence-electron chi connectivity index (χ4n) is 2.03. The van der Waals surface area contributed by atoms with Crippen molar-refractivity contribution in [2.45, 2.75) is 44.2 Å². The molecule has 1 aromatic rings. The number of hydrogen-bond acceptors (Lipinski definition) is 6. The molecule has 0 aromatic heterocycles. The third kappa shape index (κ3) is 4.39. The summed E-state index contributed by atoms with van der Waals surface area (Å²) in [6.45, 7) is 7.32. The highest BCUT2D eigenvalue weighted by atomic mass is 32.2. The van der Waals surface area contributed by atoms with Crippen LogP contribution in [-0.4, -0.2) is 36.8 Å². The van der Waals surface area contributed by atoms with Crippen molar-refractivity contribution in [3.8, 4) is 0 Å². The van der Waals surface area contributed by atoms with Gasteiger partial charge in [0.25, 0.3) is 0 Å². The van der Waals surface area contributed by atoms with E-state index in [1.807, 2.05) is 0 Å². The molecular formula is C15H21NO5S2. The number of carbonyl (C=O) groups is 1. The Labute approximate surface area is 141 Å². The minimum absolute atomic E-state index is 0.0543. The van der Waals surface area contributed by atoms with E-state index < -0.39 is 21.5 Å². The molecule has 128 valence electrons. The van der Waals surface area contributed by atoms with Crippen LogP contribution in [0.3, 0.4) is 0 Å². The predicted molar refractivity (Wildman–Crippen MR) is 88.5 cm³/mol. The molecule has 0 bridgehead atoms. The molecular weight excluding hydrogens is 338 g/mol. The molecule has 0 unspecified atom stereocenters. The van der Waals surface area contributed by atoms with Gasteiger partial charge in [0.05, 0.1) is 23.3 Å². The minimum atomic E-state index is -3.23. The first-order valence-electron chi connectivity index (χ1n) is 7.28. The summed E-state index contributed by atoms with van der Waals surface area (Å²) in [7, 11) is -3.23. The van der Waals surface area contributed by atoms with Crippen LogP contribution in [0.5, 0.6) is 0 Å². The van der Waals surface area contributed by atoms with Gasteiger partial charge in [0, 0.05) is 0 Å². The Morgan fingerprint density at radius 3 is 2.48 bits per heavy atom. The molecule has 1 atom stereocenters. The van der Waals surface area contributed by atoms with E-state index in [9.17, 15) is 13.2 Å². The fraction of sp³-hybridized carbons (Fsp3) is 0.533. The molecule has 1 heterocycles. The number of sulfone groups is 1. The monoisotopic (exact) mass is 359 g/mol. The van der Waals surface area contributed by atoms with Crippen molar-refractivity contribution >= 4 is 28.2 Å². The van der Waals surface area contributed by atoms with E-state index in [1.54, 1.807) is 52.0 Å². The molecule has 8 heteroatoms. The highest BCUT2D eigenvalue weighted by molar-refractivity contribution is 7.93. The van der Waals surface area contributed by atoms with Gasteiger partial charge in [0.15, 0.2) is 9.84 Å². The zero-order valence-corrected chi connectivity index (χ0v) is 15.2. The van der Waals surface area contributed by atoms with Crippen LogP contribution in [0.1, 0.15) is 39.3 Å². The van der Waals surface area contributed by atoms with Gasteiger partial charge in [0.2, 0.25) is 0 Å². The number of carbonyl (C=O) groups excluding carboxylic acids is 1. The van der Waals surface area contributed by atoms with Crippen LogP contribution in [0.4, 0.5) is 4.79 Å². The summed E-state index contributed by atoms with van der Waals surface area (Å²) < 4.78 is 35.8. The molecule has 0 saturated carbocycles. The maximum absolute atomic E-state index is 12.2. The summed E-state index contributed by atoms with van der Waals surface area (Å²) in [5.74, 6) is 0.0543. The second-order valence-corrected chi connectivity index (χ2v) is 9.21. The quantitative estimate of drug-likeness (QED) is 0.609. The first kappa shape index (κ1) is 18.1. The predicted octanol–water partition coefficient (Wildman–Crippen LogP) is 3.35. The van der Waals surface area contributed by atoms with Gasteiger partial charge in [-0.1, -0.05) is 19.1 Å². The highest BCUT2D eigenvalue weighted by Gasteiger charge is 2.35. The molecule has 6 nitrogen and oxygen atoms in total. The first-order chi connectivity index (χ1) is 10.6. The Hall–Kier alpha value is -1.25. The van der Waals surface area contributed by atoms with Crippen molar-refractivity contribution in [1.82, 2.24) is 4.31 Å². The average Bonchev–Trinajstić information content (AvgIpc) is 2.95. The first-order valence-corrected chi connectivity index (χ1v) is 9.63. The van der Waals surface area contributed by atoms with E-state index in [0.29, 0.717) is 6.61 Å². The summed E-state index contributed by atoms with van der Waals surface area (Å²) in [6.07, 6.45) is -0.477. The van der Waals surface area contributed by atoms with Crippen molar-refractivity contribution in [2.75, 3.05) is 12.4 Å². The van der Waals surface area contributed by atoms with Crippen molar-refractivity contribution in [3.63, 3.8) is 0 Å². The Kier molecular flexibility index (Phi) is 5.27. The Morgan fingerprint density at radius 2 is 1.96 bits per heavy atom. The van der Waals surface area contributed by atoms with Crippen LogP contribution in [0.15, 0.2) is 29.2 Å². The Morgan fingerprint density at radius 1 is 1.35 bits per heavy atom. The van der Waals surface area contributed by atoms with Crippen LogP contribution in [-0.2, 0) is 18.8 Å². The van der Waals surface area contributed by atoms with E-state index in [2.05, 4.69) is 0 Å². The topological polar surface area (TPSA) is 72.9 Å². The maximum Gasteiger partial charge on any atom is 0.422 e. The number of hydrogen-bond donors (Lipinski definition) is 0.